The first-order valence-corrected chi connectivity index (χ1v) is 13.0. The van der Waals surface area contributed by atoms with Gasteiger partial charge in [-0.05, 0) is 43.2 Å². The third-order valence-electron chi connectivity index (χ3n) is 7.80. The standard InChI is InChI=1S/C29H28F3N3O4/c1-34-14-20(28(36)37)19-8-7-18(13-24(19)34)35-11-9-29(32,10-12-35)16-38-15-21-26(33-39-27(21)17-5-6-17)25-22(30)3-2-4-23(25)31/h2-4,7-8,13-14,17H,5-6,9-12,15-16H2,1H3,(H,36,37). The quantitative estimate of drug-likeness (QED) is 0.287. The van der Waals surface area contributed by atoms with E-state index in [1.165, 1.54) is 18.2 Å². The van der Waals surface area contributed by atoms with Crippen molar-refractivity contribution in [3.63, 3.8) is 0 Å². The number of nitrogens with zero attached hydrogens (tertiary/aromatic N) is 3. The Morgan fingerprint density at radius 2 is 1.90 bits per heavy atom. The van der Waals surface area contributed by atoms with Gasteiger partial charge in [-0.1, -0.05) is 11.2 Å². The second-order valence-corrected chi connectivity index (χ2v) is 10.5. The molecule has 4 aromatic rings. The maximum absolute atomic E-state index is 15.7. The first-order chi connectivity index (χ1) is 18.7. The number of rotatable bonds is 8. The van der Waals surface area contributed by atoms with E-state index in [2.05, 4.69) is 10.1 Å². The van der Waals surface area contributed by atoms with E-state index in [0.717, 1.165) is 24.0 Å². The topological polar surface area (TPSA) is 80.7 Å². The van der Waals surface area contributed by atoms with E-state index in [1.807, 2.05) is 12.1 Å². The number of piperidine rings is 1. The average molecular weight is 540 g/mol. The van der Waals surface area contributed by atoms with Gasteiger partial charge in [0, 0.05) is 61.7 Å². The molecule has 1 N–H and O–H groups in total. The summed E-state index contributed by atoms with van der Waals surface area (Å²) in [6, 6.07) is 9.21. The van der Waals surface area contributed by atoms with Gasteiger partial charge in [-0.15, -0.1) is 0 Å². The van der Waals surface area contributed by atoms with Crippen molar-refractivity contribution in [2.45, 2.75) is 43.9 Å². The van der Waals surface area contributed by atoms with Gasteiger partial charge in [0.1, 0.15) is 28.8 Å². The second-order valence-electron chi connectivity index (χ2n) is 10.5. The number of aromatic carboxylic acids is 1. The number of hydrogen-bond donors (Lipinski definition) is 1. The smallest absolute Gasteiger partial charge is 0.337 e. The fourth-order valence-electron chi connectivity index (χ4n) is 5.43. The Morgan fingerprint density at radius 1 is 1.18 bits per heavy atom. The molecule has 39 heavy (non-hydrogen) atoms. The minimum Gasteiger partial charge on any atom is -0.478 e. The van der Waals surface area contributed by atoms with Crippen LogP contribution in [0.3, 0.4) is 0 Å². The third kappa shape index (κ3) is 4.78. The highest BCUT2D eigenvalue weighted by Gasteiger charge is 2.37. The molecule has 0 unspecified atom stereocenters. The molecule has 2 aliphatic rings. The molecule has 1 aliphatic heterocycles. The monoisotopic (exact) mass is 539 g/mol. The van der Waals surface area contributed by atoms with Crippen LogP contribution in [0.2, 0.25) is 0 Å². The van der Waals surface area contributed by atoms with E-state index < -0.39 is 23.3 Å². The van der Waals surface area contributed by atoms with Crippen LogP contribution < -0.4 is 4.90 Å². The highest BCUT2D eigenvalue weighted by molar-refractivity contribution is 6.04. The fourth-order valence-corrected chi connectivity index (χ4v) is 5.43. The van der Waals surface area contributed by atoms with E-state index >= 15 is 4.39 Å². The van der Waals surface area contributed by atoms with E-state index in [-0.39, 0.29) is 48.8 Å². The Balaban J connectivity index is 1.13. The number of aryl methyl sites for hydroxylation is 1. The lowest BCUT2D eigenvalue weighted by molar-refractivity contribution is -0.00757. The number of hydrogen-bond acceptors (Lipinski definition) is 5. The Bertz CT molecular complexity index is 1530. The van der Waals surface area contributed by atoms with Crippen molar-refractivity contribution >= 4 is 22.6 Å². The van der Waals surface area contributed by atoms with Gasteiger partial charge in [0.2, 0.25) is 0 Å². The number of anilines is 1. The zero-order valence-electron chi connectivity index (χ0n) is 21.4. The molecule has 10 heteroatoms. The highest BCUT2D eigenvalue weighted by atomic mass is 19.1. The SMILES string of the molecule is Cn1cc(C(=O)O)c2ccc(N3CCC(F)(COCc4c(-c5c(F)cccc5F)noc4C4CC4)CC3)cc21. The van der Waals surface area contributed by atoms with Crippen molar-refractivity contribution in [1.29, 1.82) is 0 Å². The van der Waals surface area contributed by atoms with Crippen molar-refractivity contribution in [1.82, 2.24) is 9.72 Å². The first-order valence-electron chi connectivity index (χ1n) is 13.0. The molecule has 0 bridgehead atoms. The highest BCUT2D eigenvalue weighted by Crippen LogP contribution is 2.45. The molecule has 7 nitrogen and oxygen atoms in total. The predicted molar refractivity (Wildman–Crippen MR) is 139 cm³/mol. The molecule has 2 aromatic carbocycles. The summed E-state index contributed by atoms with van der Waals surface area (Å²) in [7, 11) is 1.80. The Morgan fingerprint density at radius 3 is 2.56 bits per heavy atom. The van der Waals surface area contributed by atoms with Crippen LogP contribution >= 0.6 is 0 Å². The number of carboxylic acids is 1. The van der Waals surface area contributed by atoms with E-state index in [4.69, 9.17) is 9.26 Å². The molecule has 0 amide bonds. The molecule has 1 aliphatic carbocycles. The van der Waals surface area contributed by atoms with Crippen LogP contribution in [0.25, 0.3) is 22.2 Å². The lowest BCUT2D eigenvalue weighted by Crippen LogP contribution is -2.44. The second kappa shape index (κ2) is 9.75. The molecular formula is C29H28F3N3O4. The van der Waals surface area contributed by atoms with E-state index in [9.17, 15) is 18.7 Å². The number of fused-ring (bicyclic) bond motifs is 1. The molecule has 0 radical (unpaired) electrons. The maximum atomic E-state index is 15.7. The minimum absolute atomic E-state index is 0.0517. The summed E-state index contributed by atoms with van der Waals surface area (Å²) in [5, 5.41) is 14.1. The summed E-state index contributed by atoms with van der Waals surface area (Å²) >= 11 is 0. The maximum Gasteiger partial charge on any atom is 0.337 e. The van der Waals surface area contributed by atoms with Crippen LogP contribution in [-0.2, 0) is 18.4 Å². The lowest BCUT2D eigenvalue weighted by Gasteiger charge is -2.37. The molecule has 2 fully saturated rings. The molecule has 1 saturated carbocycles. The minimum atomic E-state index is -1.55. The van der Waals surface area contributed by atoms with Crippen molar-refractivity contribution in [3.05, 3.63) is 71.1 Å². The van der Waals surface area contributed by atoms with Gasteiger partial charge in [-0.3, -0.25) is 0 Å². The molecule has 3 heterocycles. The van der Waals surface area contributed by atoms with Crippen molar-refractivity contribution in [3.8, 4) is 11.3 Å². The zero-order chi connectivity index (χ0) is 27.3. The molecule has 1 saturated heterocycles. The van der Waals surface area contributed by atoms with Gasteiger partial charge in [0.05, 0.1) is 29.9 Å². The largest absolute Gasteiger partial charge is 0.478 e. The summed E-state index contributed by atoms with van der Waals surface area (Å²) in [6.07, 6.45) is 3.87. The molecule has 0 spiro atoms. The van der Waals surface area contributed by atoms with Crippen molar-refractivity contribution < 1.29 is 32.3 Å². The first kappa shape index (κ1) is 25.5. The fraction of sp³-hybridized carbons (Fsp3) is 0.379. The lowest BCUT2D eigenvalue weighted by atomic mass is 9.93. The molecule has 204 valence electrons. The number of ether oxygens (including phenoxy) is 1. The summed E-state index contributed by atoms with van der Waals surface area (Å²) in [5.41, 5.74) is 0.669. The number of halogens is 3. The summed E-state index contributed by atoms with van der Waals surface area (Å²) in [5.74, 6) is -1.77. The molecule has 0 atom stereocenters. The van der Waals surface area contributed by atoms with Gasteiger partial charge < -0.3 is 23.8 Å². The van der Waals surface area contributed by atoms with Gasteiger partial charge in [-0.2, -0.15) is 0 Å². The van der Waals surface area contributed by atoms with E-state index in [0.29, 0.717) is 29.8 Å². The van der Waals surface area contributed by atoms with Gasteiger partial charge in [0.25, 0.3) is 0 Å². The summed E-state index contributed by atoms with van der Waals surface area (Å²) in [4.78, 5) is 13.6. The van der Waals surface area contributed by atoms with Crippen LogP contribution in [0.1, 0.15) is 53.3 Å². The zero-order valence-corrected chi connectivity index (χ0v) is 21.4. The number of aromatic nitrogens is 2. The summed E-state index contributed by atoms with van der Waals surface area (Å²) < 4.78 is 57.8. The number of carboxylic acid groups (broad SMARTS) is 1. The molecular weight excluding hydrogens is 511 g/mol. The predicted octanol–water partition coefficient (Wildman–Crippen LogP) is 6.21. The Kier molecular flexibility index (Phi) is 6.37. The van der Waals surface area contributed by atoms with Crippen LogP contribution in [0.4, 0.5) is 18.9 Å². The molecule has 2 aromatic heterocycles. The molecule has 6 rings (SSSR count). The van der Waals surface area contributed by atoms with Gasteiger partial charge in [0.15, 0.2) is 0 Å². The number of alkyl halides is 1. The average Bonchev–Trinajstić information content (AvgIpc) is 3.59. The van der Waals surface area contributed by atoms with Crippen LogP contribution in [-0.4, -0.2) is 46.2 Å². The van der Waals surface area contributed by atoms with Crippen LogP contribution in [0.15, 0.2) is 47.1 Å². The van der Waals surface area contributed by atoms with Crippen molar-refractivity contribution in [2.24, 2.45) is 7.05 Å². The normalized spacial score (nSPS) is 17.2. The van der Waals surface area contributed by atoms with E-state index in [1.54, 1.807) is 23.9 Å². The Hall–Kier alpha value is -3.79. The van der Waals surface area contributed by atoms with Crippen molar-refractivity contribution in [2.75, 3.05) is 24.6 Å². The van der Waals surface area contributed by atoms with Gasteiger partial charge in [-0.25, -0.2) is 18.0 Å². The van der Waals surface area contributed by atoms with Gasteiger partial charge >= 0.3 is 5.97 Å². The third-order valence-corrected chi connectivity index (χ3v) is 7.80. The number of benzene rings is 2. The van der Waals surface area contributed by atoms with Crippen LogP contribution in [0.5, 0.6) is 0 Å². The van der Waals surface area contributed by atoms with Crippen LogP contribution in [0, 0.1) is 11.6 Å². The Labute approximate surface area is 222 Å². The summed E-state index contributed by atoms with van der Waals surface area (Å²) in [6.45, 7) is 0.722. The number of carbonyl (C=O) groups is 1.